The molecule has 1 aromatic heterocycles. The summed E-state index contributed by atoms with van der Waals surface area (Å²) in [5.41, 5.74) is 1.35. The molecule has 0 saturated heterocycles. The fourth-order valence-corrected chi connectivity index (χ4v) is 2.10. The number of nitrogens with zero attached hydrogens (tertiary/aromatic N) is 4. The summed E-state index contributed by atoms with van der Waals surface area (Å²) < 4.78 is 27.7. The largest absolute Gasteiger partial charge is 0.325 e. The summed E-state index contributed by atoms with van der Waals surface area (Å²) >= 11 is 0. The number of hydrogen-bond donors (Lipinski definition) is 2. The molecule has 22 heavy (non-hydrogen) atoms. The Morgan fingerprint density at radius 3 is 2.50 bits per heavy atom. The first-order chi connectivity index (χ1) is 10.4. The average molecular weight is 324 g/mol. The van der Waals surface area contributed by atoms with Gasteiger partial charge in [-0.1, -0.05) is 0 Å². The van der Waals surface area contributed by atoms with Crippen LogP contribution in [0.1, 0.15) is 0 Å². The van der Waals surface area contributed by atoms with Gasteiger partial charge in [-0.2, -0.15) is 22.5 Å². The van der Waals surface area contributed by atoms with Gasteiger partial charge in [0.2, 0.25) is 5.91 Å². The molecule has 1 heterocycles. The highest BCUT2D eigenvalue weighted by molar-refractivity contribution is 7.87. The molecular formula is C12H16N6O3S. The van der Waals surface area contributed by atoms with Crippen LogP contribution in [0.15, 0.2) is 36.9 Å². The lowest BCUT2D eigenvalue weighted by Crippen LogP contribution is -2.40. The fourth-order valence-electron chi connectivity index (χ4n) is 1.53. The fraction of sp³-hybridized carbons (Fsp3) is 0.250. The molecule has 118 valence electrons. The van der Waals surface area contributed by atoms with Gasteiger partial charge in [-0.05, 0) is 24.3 Å². The number of anilines is 1. The lowest BCUT2D eigenvalue weighted by Gasteiger charge is -2.12. The first kappa shape index (κ1) is 16.1. The van der Waals surface area contributed by atoms with Crippen LogP contribution in [-0.4, -0.2) is 54.0 Å². The van der Waals surface area contributed by atoms with Gasteiger partial charge in [0.05, 0.1) is 12.2 Å². The number of amides is 1. The molecule has 0 fully saturated rings. The van der Waals surface area contributed by atoms with Crippen molar-refractivity contribution in [2.75, 3.05) is 26.0 Å². The Labute approximate surface area is 128 Å². The third-order valence-corrected chi connectivity index (χ3v) is 4.20. The highest BCUT2D eigenvalue weighted by atomic mass is 32.2. The Bertz CT molecular complexity index is 725. The predicted octanol–water partition coefficient (Wildman–Crippen LogP) is -0.398. The molecule has 0 unspecified atom stereocenters. The third kappa shape index (κ3) is 4.10. The number of rotatable bonds is 6. The monoisotopic (exact) mass is 324 g/mol. The van der Waals surface area contributed by atoms with Gasteiger partial charge in [-0.3, -0.25) is 4.79 Å². The molecule has 0 saturated carbocycles. The van der Waals surface area contributed by atoms with Crippen molar-refractivity contribution < 1.29 is 13.2 Å². The SMILES string of the molecule is CN(C)S(=O)(=O)NCC(=O)Nc1ccc(-n2cncn2)cc1. The molecule has 1 aromatic carbocycles. The van der Waals surface area contributed by atoms with E-state index in [1.807, 2.05) is 0 Å². The van der Waals surface area contributed by atoms with Crippen LogP contribution in [0.5, 0.6) is 0 Å². The summed E-state index contributed by atoms with van der Waals surface area (Å²) in [7, 11) is -0.862. The molecule has 2 N–H and O–H groups in total. The smallest absolute Gasteiger partial charge is 0.279 e. The second-order valence-corrected chi connectivity index (χ2v) is 6.51. The second-order valence-electron chi connectivity index (χ2n) is 4.54. The van der Waals surface area contributed by atoms with E-state index in [1.54, 1.807) is 35.3 Å². The van der Waals surface area contributed by atoms with E-state index in [-0.39, 0.29) is 6.54 Å². The number of carbonyl (C=O) groups is 1. The van der Waals surface area contributed by atoms with E-state index in [2.05, 4.69) is 20.1 Å². The maximum absolute atomic E-state index is 11.7. The van der Waals surface area contributed by atoms with Crippen LogP contribution in [0, 0.1) is 0 Å². The van der Waals surface area contributed by atoms with Crippen molar-refractivity contribution in [3.63, 3.8) is 0 Å². The van der Waals surface area contributed by atoms with Crippen LogP contribution in [0.2, 0.25) is 0 Å². The molecule has 1 amide bonds. The Morgan fingerprint density at radius 2 is 1.95 bits per heavy atom. The Balaban J connectivity index is 1.92. The number of hydrogen-bond acceptors (Lipinski definition) is 5. The highest BCUT2D eigenvalue weighted by Gasteiger charge is 2.14. The summed E-state index contributed by atoms with van der Waals surface area (Å²) in [6.45, 7) is -0.342. The van der Waals surface area contributed by atoms with E-state index in [4.69, 9.17) is 0 Å². The van der Waals surface area contributed by atoms with Crippen molar-refractivity contribution in [2.24, 2.45) is 0 Å². The van der Waals surface area contributed by atoms with E-state index in [0.29, 0.717) is 5.69 Å². The van der Waals surface area contributed by atoms with Crippen molar-refractivity contribution in [2.45, 2.75) is 0 Å². The molecule has 9 nitrogen and oxygen atoms in total. The molecule has 0 radical (unpaired) electrons. The Kier molecular flexibility index (Phi) is 4.85. The molecule has 10 heteroatoms. The summed E-state index contributed by atoms with van der Waals surface area (Å²) in [4.78, 5) is 15.6. The Hall–Kier alpha value is -2.30. The number of benzene rings is 1. The number of aromatic nitrogens is 3. The summed E-state index contributed by atoms with van der Waals surface area (Å²) in [5, 5.41) is 6.58. The lowest BCUT2D eigenvalue weighted by atomic mass is 10.3. The Morgan fingerprint density at radius 1 is 1.27 bits per heavy atom. The first-order valence-electron chi connectivity index (χ1n) is 6.30. The van der Waals surface area contributed by atoms with Gasteiger partial charge >= 0.3 is 0 Å². The molecule has 0 spiro atoms. The molecule has 0 aliphatic heterocycles. The lowest BCUT2D eigenvalue weighted by molar-refractivity contribution is -0.115. The van der Waals surface area contributed by atoms with Crippen molar-refractivity contribution in [1.82, 2.24) is 23.8 Å². The quantitative estimate of drug-likeness (QED) is 0.751. The van der Waals surface area contributed by atoms with Crippen molar-refractivity contribution in [1.29, 1.82) is 0 Å². The van der Waals surface area contributed by atoms with Gasteiger partial charge in [0.25, 0.3) is 10.2 Å². The summed E-state index contributed by atoms with van der Waals surface area (Å²) in [6.07, 6.45) is 2.98. The zero-order chi connectivity index (χ0) is 16.2. The van der Waals surface area contributed by atoms with Gasteiger partial charge in [-0.25, -0.2) is 9.67 Å². The zero-order valence-corrected chi connectivity index (χ0v) is 12.9. The second kappa shape index (κ2) is 6.64. The average Bonchev–Trinajstić information content (AvgIpc) is 3.00. The van der Waals surface area contributed by atoms with Crippen LogP contribution in [-0.2, 0) is 15.0 Å². The maximum atomic E-state index is 11.7. The number of carbonyl (C=O) groups excluding carboxylic acids is 1. The molecule has 2 aromatic rings. The van der Waals surface area contributed by atoms with E-state index in [0.717, 1.165) is 9.99 Å². The van der Waals surface area contributed by atoms with Gasteiger partial charge in [0.15, 0.2) is 0 Å². The predicted molar refractivity (Wildman–Crippen MR) is 80.6 cm³/mol. The van der Waals surface area contributed by atoms with Crippen LogP contribution < -0.4 is 10.0 Å². The maximum Gasteiger partial charge on any atom is 0.279 e. The zero-order valence-electron chi connectivity index (χ0n) is 12.1. The molecule has 0 bridgehead atoms. The molecule has 2 rings (SSSR count). The van der Waals surface area contributed by atoms with Crippen molar-refractivity contribution in [3.05, 3.63) is 36.9 Å². The van der Waals surface area contributed by atoms with E-state index >= 15 is 0 Å². The van der Waals surface area contributed by atoms with Gasteiger partial charge < -0.3 is 5.32 Å². The van der Waals surface area contributed by atoms with Gasteiger partial charge in [0, 0.05) is 19.8 Å². The minimum atomic E-state index is -3.62. The van der Waals surface area contributed by atoms with E-state index < -0.39 is 16.1 Å². The minimum absolute atomic E-state index is 0.342. The molecular weight excluding hydrogens is 308 g/mol. The summed E-state index contributed by atoms with van der Waals surface area (Å²) in [5.74, 6) is -0.459. The van der Waals surface area contributed by atoms with Crippen LogP contribution >= 0.6 is 0 Å². The van der Waals surface area contributed by atoms with Crippen LogP contribution in [0.4, 0.5) is 5.69 Å². The minimum Gasteiger partial charge on any atom is -0.325 e. The van der Waals surface area contributed by atoms with Crippen molar-refractivity contribution in [3.8, 4) is 5.69 Å². The van der Waals surface area contributed by atoms with E-state index in [1.165, 1.54) is 20.4 Å². The molecule has 0 aliphatic carbocycles. The number of nitrogens with one attached hydrogen (secondary N) is 2. The standard InChI is InChI=1S/C12H16N6O3S/c1-17(2)22(20,21)15-7-12(19)16-10-3-5-11(6-4-10)18-9-13-8-14-18/h3-6,8-9,15H,7H2,1-2H3,(H,16,19). The van der Waals surface area contributed by atoms with Gasteiger partial charge in [-0.15, -0.1) is 0 Å². The van der Waals surface area contributed by atoms with E-state index in [9.17, 15) is 13.2 Å². The highest BCUT2D eigenvalue weighted by Crippen LogP contribution is 2.11. The van der Waals surface area contributed by atoms with Crippen LogP contribution in [0.25, 0.3) is 5.69 Å². The van der Waals surface area contributed by atoms with Crippen LogP contribution in [0.3, 0.4) is 0 Å². The topological polar surface area (TPSA) is 109 Å². The summed E-state index contributed by atoms with van der Waals surface area (Å²) in [6, 6.07) is 6.90. The normalized spacial score (nSPS) is 11.6. The van der Waals surface area contributed by atoms with Crippen molar-refractivity contribution >= 4 is 21.8 Å². The third-order valence-electron chi connectivity index (χ3n) is 2.73. The molecule has 0 atom stereocenters. The first-order valence-corrected chi connectivity index (χ1v) is 7.74. The van der Waals surface area contributed by atoms with Gasteiger partial charge in [0.1, 0.15) is 12.7 Å². The molecule has 0 aliphatic rings.